The van der Waals surface area contributed by atoms with Crippen molar-refractivity contribution in [2.24, 2.45) is 5.73 Å². The molecule has 68 valence electrons. The van der Waals surface area contributed by atoms with Gasteiger partial charge in [0, 0.05) is 12.7 Å². The minimum atomic E-state index is 0.586. The highest BCUT2D eigenvalue weighted by atomic mass is 15.2. The standard InChI is InChI=1S/C8H21N3/c1-8(11(4)7-9)5-6-10(2)3/h8H,5-7,9H2,1-4H3. The fourth-order valence-electron chi connectivity index (χ4n) is 0.845. The van der Waals surface area contributed by atoms with Gasteiger partial charge in [0.15, 0.2) is 0 Å². The Morgan fingerprint density at radius 3 is 2.18 bits per heavy atom. The Morgan fingerprint density at radius 1 is 1.27 bits per heavy atom. The van der Waals surface area contributed by atoms with Crippen molar-refractivity contribution in [3.8, 4) is 0 Å². The number of nitrogens with two attached hydrogens (primary N) is 1. The normalized spacial score (nSPS) is 14.5. The van der Waals surface area contributed by atoms with E-state index in [9.17, 15) is 0 Å². The molecule has 0 aromatic rings. The average molecular weight is 159 g/mol. The molecule has 0 aliphatic heterocycles. The van der Waals surface area contributed by atoms with Crippen LogP contribution in [0.15, 0.2) is 0 Å². The van der Waals surface area contributed by atoms with Gasteiger partial charge >= 0.3 is 0 Å². The summed E-state index contributed by atoms with van der Waals surface area (Å²) in [4.78, 5) is 4.35. The summed E-state index contributed by atoms with van der Waals surface area (Å²) in [6, 6.07) is 0.586. The van der Waals surface area contributed by atoms with Crippen LogP contribution in [-0.4, -0.2) is 50.2 Å². The van der Waals surface area contributed by atoms with Crippen LogP contribution in [0.3, 0.4) is 0 Å². The second kappa shape index (κ2) is 5.52. The molecule has 0 rings (SSSR count). The maximum absolute atomic E-state index is 5.49. The third-order valence-electron chi connectivity index (χ3n) is 2.03. The number of hydrogen-bond acceptors (Lipinski definition) is 3. The van der Waals surface area contributed by atoms with Crippen molar-refractivity contribution in [3.05, 3.63) is 0 Å². The van der Waals surface area contributed by atoms with Crippen LogP contribution >= 0.6 is 0 Å². The van der Waals surface area contributed by atoms with Crippen LogP contribution < -0.4 is 5.73 Å². The van der Waals surface area contributed by atoms with E-state index < -0.39 is 0 Å². The van der Waals surface area contributed by atoms with Crippen LogP contribution in [0.4, 0.5) is 0 Å². The zero-order valence-electron chi connectivity index (χ0n) is 8.17. The van der Waals surface area contributed by atoms with Crippen molar-refractivity contribution in [2.45, 2.75) is 19.4 Å². The van der Waals surface area contributed by atoms with Crippen LogP contribution in [-0.2, 0) is 0 Å². The molecular formula is C8H21N3. The van der Waals surface area contributed by atoms with Gasteiger partial charge in [-0.25, -0.2) is 0 Å². The van der Waals surface area contributed by atoms with E-state index in [-0.39, 0.29) is 0 Å². The summed E-state index contributed by atoms with van der Waals surface area (Å²) < 4.78 is 0. The molecule has 0 heterocycles. The number of hydrogen-bond donors (Lipinski definition) is 1. The van der Waals surface area contributed by atoms with Crippen LogP contribution in [0.2, 0.25) is 0 Å². The molecule has 0 spiro atoms. The Balaban J connectivity index is 3.43. The van der Waals surface area contributed by atoms with Crippen molar-refractivity contribution in [3.63, 3.8) is 0 Å². The summed E-state index contributed by atoms with van der Waals surface area (Å²) >= 11 is 0. The second-order valence-electron chi connectivity index (χ2n) is 3.38. The first-order valence-electron chi connectivity index (χ1n) is 4.13. The third-order valence-corrected chi connectivity index (χ3v) is 2.03. The van der Waals surface area contributed by atoms with Crippen molar-refractivity contribution in [1.82, 2.24) is 9.80 Å². The lowest BCUT2D eigenvalue weighted by atomic mass is 10.2. The Morgan fingerprint density at radius 2 is 1.82 bits per heavy atom. The van der Waals surface area contributed by atoms with Crippen LogP contribution in [0.25, 0.3) is 0 Å². The highest BCUT2D eigenvalue weighted by Gasteiger charge is 2.06. The van der Waals surface area contributed by atoms with Crippen molar-refractivity contribution >= 4 is 0 Å². The Bertz CT molecular complexity index is 93.3. The summed E-state index contributed by atoms with van der Waals surface area (Å²) in [6.45, 7) is 3.98. The lowest BCUT2D eigenvalue weighted by molar-refractivity contribution is 0.232. The predicted octanol–water partition coefficient (Wildman–Crippen LogP) is 0.175. The first-order chi connectivity index (χ1) is 5.07. The smallest absolute Gasteiger partial charge is 0.0454 e. The number of rotatable bonds is 5. The minimum Gasteiger partial charge on any atom is -0.318 e. The van der Waals surface area contributed by atoms with E-state index in [0.29, 0.717) is 12.7 Å². The van der Waals surface area contributed by atoms with E-state index in [4.69, 9.17) is 5.73 Å². The van der Waals surface area contributed by atoms with Crippen LogP contribution in [0.1, 0.15) is 13.3 Å². The summed E-state index contributed by atoms with van der Waals surface area (Å²) in [7, 11) is 6.24. The summed E-state index contributed by atoms with van der Waals surface area (Å²) in [6.07, 6.45) is 1.18. The zero-order chi connectivity index (χ0) is 8.85. The van der Waals surface area contributed by atoms with Crippen LogP contribution in [0, 0.1) is 0 Å². The largest absolute Gasteiger partial charge is 0.318 e. The van der Waals surface area contributed by atoms with Gasteiger partial charge in [0.05, 0.1) is 0 Å². The monoisotopic (exact) mass is 159 g/mol. The van der Waals surface area contributed by atoms with E-state index in [1.165, 1.54) is 6.42 Å². The molecule has 0 fully saturated rings. The molecule has 3 nitrogen and oxygen atoms in total. The van der Waals surface area contributed by atoms with Crippen LogP contribution in [0.5, 0.6) is 0 Å². The highest BCUT2D eigenvalue weighted by molar-refractivity contribution is 4.62. The van der Waals surface area contributed by atoms with Gasteiger partial charge in [-0.05, 0) is 41.0 Å². The SMILES string of the molecule is CC(CCN(C)C)N(C)CN. The Labute approximate surface area is 70.2 Å². The molecule has 1 unspecified atom stereocenters. The molecule has 2 N–H and O–H groups in total. The third kappa shape index (κ3) is 5.18. The molecule has 0 saturated carbocycles. The van der Waals surface area contributed by atoms with E-state index in [1.54, 1.807) is 0 Å². The molecule has 0 bridgehead atoms. The van der Waals surface area contributed by atoms with Crippen molar-refractivity contribution in [1.29, 1.82) is 0 Å². The Hall–Kier alpha value is -0.120. The van der Waals surface area contributed by atoms with E-state index in [0.717, 1.165) is 6.54 Å². The Kier molecular flexibility index (Phi) is 5.46. The molecule has 3 heteroatoms. The lowest BCUT2D eigenvalue weighted by Gasteiger charge is -2.23. The van der Waals surface area contributed by atoms with Gasteiger partial charge in [-0.2, -0.15) is 0 Å². The van der Waals surface area contributed by atoms with E-state index in [2.05, 4.69) is 37.9 Å². The molecule has 0 aliphatic carbocycles. The van der Waals surface area contributed by atoms with Gasteiger partial charge in [-0.3, -0.25) is 4.90 Å². The zero-order valence-corrected chi connectivity index (χ0v) is 8.17. The van der Waals surface area contributed by atoms with Crippen molar-refractivity contribution in [2.75, 3.05) is 34.4 Å². The molecule has 11 heavy (non-hydrogen) atoms. The molecule has 0 radical (unpaired) electrons. The van der Waals surface area contributed by atoms with Gasteiger partial charge in [-0.1, -0.05) is 0 Å². The van der Waals surface area contributed by atoms with Crippen molar-refractivity contribution < 1.29 is 0 Å². The van der Waals surface area contributed by atoms with E-state index >= 15 is 0 Å². The topological polar surface area (TPSA) is 32.5 Å². The molecule has 0 aromatic heterocycles. The van der Waals surface area contributed by atoms with Gasteiger partial charge in [0.1, 0.15) is 0 Å². The maximum Gasteiger partial charge on any atom is 0.0454 e. The fourth-order valence-corrected chi connectivity index (χ4v) is 0.845. The minimum absolute atomic E-state index is 0.586. The summed E-state index contributed by atoms with van der Waals surface area (Å²) in [5, 5.41) is 0. The quantitative estimate of drug-likeness (QED) is 0.581. The highest BCUT2D eigenvalue weighted by Crippen LogP contribution is 1.98. The second-order valence-corrected chi connectivity index (χ2v) is 3.38. The fraction of sp³-hybridized carbons (Fsp3) is 1.00. The molecule has 0 aromatic carbocycles. The van der Waals surface area contributed by atoms with Gasteiger partial charge in [-0.15, -0.1) is 0 Å². The molecule has 1 atom stereocenters. The summed E-state index contributed by atoms with van der Waals surface area (Å²) in [5.41, 5.74) is 5.49. The molecule has 0 aliphatic rings. The number of nitrogens with zero attached hydrogens (tertiary/aromatic N) is 2. The first kappa shape index (κ1) is 10.9. The van der Waals surface area contributed by atoms with E-state index in [1.807, 2.05) is 0 Å². The summed E-state index contributed by atoms with van der Waals surface area (Å²) in [5.74, 6) is 0. The maximum atomic E-state index is 5.49. The molecule has 0 amide bonds. The predicted molar refractivity (Wildman–Crippen MR) is 49.5 cm³/mol. The first-order valence-corrected chi connectivity index (χ1v) is 4.13. The van der Waals surface area contributed by atoms with Gasteiger partial charge < -0.3 is 10.6 Å². The molecule has 0 saturated heterocycles. The molecular weight excluding hydrogens is 138 g/mol. The lowest BCUT2D eigenvalue weighted by Crippen LogP contribution is -2.35. The van der Waals surface area contributed by atoms with Gasteiger partial charge in [0.25, 0.3) is 0 Å². The van der Waals surface area contributed by atoms with Gasteiger partial charge in [0.2, 0.25) is 0 Å². The average Bonchev–Trinajstić information content (AvgIpc) is 1.98.